The molecule has 1 unspecified atom stereocenters. The molecule has 0 saturated carbocycles. The molecule has 1 rings (SSSR count). The largest absolute Gasteiger partial charge is 0.573 e. The van der Waals surface area contributed by atoms with Gasteiger partial charge in [0.1, 0.15) is 5.75 Å². The lowest BCUT2D eigenvalue weighted by molar-refractivity contribution is -0.274. The van der Waals surface area contributed by atoms with E-state index < -0.39 is 12.5 Å². The summed E-state index contributed by atoms with van der Waals surface area (Å²) < 4.78 is 39.7. The molecule has 0 aliphatic rings. The summed E-state index contributed by atoms with van der Waals surface area (Å²) in [6.45, 7) is 3.37. The third kappa shape index (κ3) is 3.53. The summed E-state index contributed by atoms with van der Waals surface area (Å²) in [5.74, 6) is -0.354. The molecule has 0 saturated heterocycles. The van der Waals surface area contributed by atoms with E-state index in [1.54, 1.807) is 0 Å². The fourth-order valence-electron chi connectivity index (χ4n) is 1.04. The predicted octanol–water partition coefficient (Wildman–Crippen LogP) is 3.57. The van der Waals surface area contributed by atoms with E-state index in [1.807, 2.05) is 0 Å². The molecule has 0 aliphatic heterocycles. The van der Waals surface area contributed by atoms with Gasteiger partial charge in [-0.25, -0.2) is 0 Å². The Kier molecular flexibility index (Phi) is 3.98. The van der Waals surface area contributed by atoms with Crippen molar-refractivity contribution in [1.29, 1.82) is 0 Å². The Morgan fingerprint density at radius 3 is 2.50 bits per heavy atom. The first-order valence-corrected chi connectivity index (χ1v) is 4.98. The molecule has 0 aliphatic carbocycles. The van der Waals surface area contributed by atoms with E-state index in [9.17, 15) is 18.3 Å². The van der Waals surface area contributed by atoms with Gasteiger partial charge in [0.05, 0.1) is 10.6 Å². The van der Waals surface area contributed by atoms with Crippen LogP contribution in [0.5, 0.6) is 5.75 Å². The maximum Gasteiger partial charge on any atom is 0.573 e. The van der Waals surface area contributed by atoms with Gasteiger partial charge in [-0.2, -0.15) is 0 Å². The summed E-state index contributed by atoms with van der Waals surface area (Å²) in [5, 5.41) is 9.38. The van der Waals surface area contributed by atoms with Crippen LogP contribution in [0, 0.1) is 0 Å². The van der Waals surface area contributed by atoms with Gasteiger partial charge < -0.3 is 9.84 Å². The van der Waals surface area contributed by atoms with E-state index in [0.29, 0.717) is 5.56 Å². The van der Waals surface area contributed by atoms with Crippen LogP contribution in [-0.4, -0.2) is 11.5 Å². The van der Waals surface area contributed by atoms with Crippen molar-refractivity contribution < 1.29 is 23.0 Å². The first-order valence-electron chi connectivity index (χ1n) is 4.19. The molecule has 1 N–H and O–H groups in total. The van der Waals surface area contributed by atoms with Crippen molar-refractivity contribution in [2.45, 2.75) is 12.5 Å². The van der Waals surface area contributed by atoms with E-state index >= 15 is 0 Å². The van der Waals surface area contributed by atoms with Gasteiger partial charge in [-0.3, -0.25) is 0 Å². The number of halogens is 4. The zero-order chi connectivity index (χ0) is 12.3. The normalized spacial score (nSPS) is 13.3. The van der Waals surface area contributed by atoms with Crippen LogP contribution < -0.4 is 4.74 Å². The summed E-state index contributed by atoms with van der Waals surface area (Å²) >= 11 is 2.93. The smallest absolute Gasteiger partial charge is 0.405 e. The topological polar surface area (TPSA) is 29.5 Å². The summed E-state index contributed by atoms with van der Waals surface area (Å²) in [6, 6.07) is 3.80. The SMILES string of the molecule is C=CC(O)c1ccc(OC(F)(F)F)c(Br)c1. The number of rotatable bonds is 3. The number of hydrogen-bond donors (Lipinski definition) is 1. The number of benzene rings is 1. The summed E-state index contributed by atoms with van der Waals surface area (Å²) in [7, 11) is 0. The van der Waals surface area contributed by atoms with Crippen molar-refractivity contribution in [2.75, 3.05) is 0 Å². The van der Waals surface area contributed by atoms with Crippen LogP contribution in [0.2, 0.25) is 0 Å². The van der Waals surface area contributed by atoms with Crippen molar-refractivity contribution in [1.82, 2.24) is 0 Å². The molecule has 1 atom stereocenters. The molecule has 0 amide bonds. The van der Waals surface area contributed by atoms with Gasteiger partial charge in [0.15, 0.2) is 0 Å². The molecular formula is C10H8BrF3O2. The van der Waals surface area contributed by atoms with Gasteiger partial charge in [-0.15, -0.1) is 19.8 Å². The van der Waals surface area contributed by atoms with Gasteiger partial charge in [-0.1, -0.05) is 12.1 Å². The predicted molar refractivity (Wildman–Crippen MR) is 56.0 cm³/mol. The number of hydrogen-bond acceptors (Lipinski definition) is 2. The zero-order valence-corrected chi connectivity index (χ0v) is 9.55. The quantitative estimate of drug-likeness (QED) is 0.864. The van der Waals surface area contributed by atoms with Crippen molar-refractivity contribution in [3.05, 3.63) is 40.9 Å². The Labute approximate surface area is 98.5 Å². The highest BCUT2D eigenvalue weighted by molar-refractivity contribution is 9.10. The van der Waals surface area contributed by atoms with Gasteiger partial charge >= 0.3 is 6.36 Å². The molecule has 0 aromatic heterocycles. The van der Waals surface area contributed by atoms with Gasteiger partial charge in [-0.05, 0) is 33.6 Å². The van der Waals surface area contributed by atoms with Crippen molar-refractivity contribution in [3.8, 4) is 5.75 Å². The third-order valence-corrected chi connectivity index (χ3v) is 2.37. The van der Waals surface area contributed by atoms with E-state index in [-0.39, 0.29) is 10.2 Å². The molecule has 0 bridgehead atoms. The van der Waals surface area contributed by atoms with Crippen LogP contribution in [-0.2, 0) is 0 Å². The zero-order valence-electron chi connectivity index (χ0n) is 7.96. The van der Waals surface area contributed by atoms with E-state index in [2.05, 4.69) is 27.2 Å². The highest BCUT2D eigenvalue weighted by atomic mass is 79.9. The van der Waals surface area contributed by atoms with Crippen LogP contribution in [0.4, 0.5) is 13.2 Å². The van der Waals surface area contributed by atoms with Crippen LogP contribution in [0.3, 0.4) is 0 Å². The maximum absolute atomic E-state index is 11.9. The Morgan fingerprint density at radius 1 is 1.44 bits per heavy atom. The lowest BCUT2D eigenvalue weighted by atomic mass is 10.1. The number of alkyl halides is 3. The molecule has 16 heavy (non-hydrogen) atoms. The summed E-state index contributed by atoms with van der Waals surface area (Å²) in [4.78, 5) is 0. The second-order valence-electron chi connectivity index (χ2n) is 2.92. The highest BCUT2D eigenvalue weighted by Gasteiger charge is 2.32. The molecular weight excluding hydrogens is 289 g/mol. The lowest BCUT2D eigenvalue weighted by Crippen LogP contribution is -2.17. The van der Waals surface area contributed by atoms with E-state index in [1.165, 1.54) is 18.2 Å². The molecule has 1 aromatic rings. The molecule has 6 heteroatoms. The third-order valence-electron chi connectivity index (χ3n) is 1.75. The summed E-state index contributed by atoms with van der Waals surface area (Å²) in [5.41, 5.74) is 0.427. The van der Waals surface area contributed by atoms with E-state index in [0.717, 1.165) is 6.07 Å². The Morgan fingerprint density at radius 2 is 2.06 bits per heavy atom. The monoisotopic (exact) mass is 296 g/mol. The fraction of sp³-hybridized carbons (Fsp3) is 0.200. The molecule has 1 aromatic carbocycles. The Hall–Kier alpha value is -1.01. The first kappa shape index (κ1) is 13.1. The minimum absolute atomic E-state index is 0.114. The standard InChI is InChI=1S/C10H8BrF3O2/c1-2-8(15)6-3-4-9(7(11)5-6)16-10(12,13)14/h2-5,8,15H,1H2. The van der Waals surface area contributed by atoms with Crippen LogP contribution in [0.25, 0.3) is 0 Å². The Bertz CT molecular complexity index is 390. The molecule has 2 nitrogen and oxygen atoms in total. The minimum atomic E-state index is -4.74. The summed E-state index contributed by atoms with van der Waals surface area (Å²) in [6.07, 6.45) is -4.39. The molecule has 0 spiro atoms. The van der Waals surface area contributed by atoms with E-state index in [4.69, 9.17) is 0 Å². The lowest BCUT2D eigenvalue weighted by Gasteiger charge is -2.12. The average molecular weight is 297 g/mol. The molecule has 0 fully saturated rings. The number of aliphatic hydroxyl groups excluding tert-OH is 1. The van der Waals surface area contributed by atoms with Crippen LogP contribution in [0.15, 0.2) is 35.3 Å². The Balaban J connectivity index is 2.96. The van der Waals surface area contributed by atoms with Crippen molar-refractivity contribution in [3.63, 3.8) is 0 Å². The molecule has 0 radical (unpaired) electrons. The average Bonchev–Trinajstić information content (AvgIpc) is 2.18. The van der Waals surface area contributed by atoms with Crippen LogP contribution >= 0.6 is 15.9 Å². The second-order valence-corrected chi connectivity index (χ2v) is 3.77. The van der Waals surface area contributed by atoms with Crippen molar-refractivity contribution in [2.24, 2.45) is 0 Å². The van der Waals surface area contributed by atoms with Crippen LogP contribution in [0.1, 0.15) is 11.7 Å². The van der Waals surface area contributed by atoms with Crippen molar-refractivity contribution >= 4 is 15.9 Å². The van der Waals surface area contributed by atoms with Gasteiger partial charge in [0, 0.05) is 0 Å². The number of ether oxygens (including phenoxy) is 1. The molecule has 0 heterocycles. The number of aliphatic hydroxyl groups is 1. The first-order chi connectivity index (χ1) is 7.33. The fourth-order valence-corrected chi connectivity index (χ4v) is 1.52. The second kappa shape index (κ2) is 4.88. The highest BCUT2D eigenvalue weighted by Crippen LogP contribution is 2.32. The molecule has 88 valence electrons. The van der Waals surface area contributed by atoms with Gasteiger partial charge in [0.25, 0.3) is 0 Å². The van der Waals surface area contributed by atoms with Gasteiger partial charge in [0.2, 0.25) is 0 Å². The maximum atomic E-state index is 11.9. The minimum Gasteiger partial charge on any atom is -0.405 e.